The zero-order valence-corrected chi connectivity index (χ0v) is 12.2. The fraction of sp³-hybridized carbons (Fsp3) is 0.294. The Balaban J connectivity index is 2.25. The lowest BCUT2D eigenvalue weighted by atomic mass is 10.1. The van der Waals surface area contributed by atoms with Gasteiger partial charge in [0.1, 0.15) is 0 Å². The van der Waals surface area contributed by atoms with Crippen LogP contribution >= 0.6 is 0 Å². The first kappa shape index (κ1) is 14.3. The molecule has 0 aliphatic rings. The van der Waals surface area contributed by atoms with Gasteiger partial charge >= 0.3 is 0 Å². The van der Waals surface area contributed by atoms with Crippen molar-refractivity contribution in [1.82, 2.24) is 9.88 Å². The molecule has 0 saturated heterocycles. The number of rotatable bonds is 4. The molecule has 0 bridgehead atoms. The van der Waals surface area contributed by atoms with Gasteiger partial charge in [-0.1, -0.05) is 30.3 Å². The van der Waals surface area contributed by atoms with Crippen molar-refractivity contribution in [2.24, 2.45) is 0 Å². The van der Waals surface area contributed by atoms with Crippen LogP contribution in [0.5, 0.6) is 0 Å². The van der Waals surface area contributed by atoms with Gasteiger partial charge in [-0.15, -0.1) is 0 Å². The Morgan fingerprint density at radius 2 is 1.90 bits per heavy atom. The number of hydrogen-bond acceptors (Lipinski definition) is 2. The van der Waals surface area contributed by atoms with Crippen LogP contribution < -0.4 is 0 Å². The average molecular weight is 268 g/mol. The molecule has 0 saturated carbocycles. The molecule has 0 atom stereocenters. The summed E-state index contributed by atoms with van der Waals surface area (Å²) >= 11 is 0. The molecule has 20 heavy (non-hydrogen) atoms. The van der Waals surface area contributed by atoms with Crippen molar-refractivity contribution in [3.05, 3.63) is 65.5 Å². The lowest BCUT2D eigenvalue weighted by Gasteiger charge is -2.27. The summed E-state index contributed by atoms with van der Waals surface area (Å²) in [6.07, 6.45) is 3.40. The van der Waals surface area contributed by atoms with E-state index in [0.717, 1.165) is 16.7 Å². The van der Waals surface area contributed by atoms with Gasteiger partial charge in [0.25, 0.3) is 5.91 Å². The molecule has 0 aliphatic carbocycles. The zero-order valence-electron chi connectivity index (χ0n) is 12.2. The molecule has 1 heterocycles. The molecule has 2 aromatic rings. The van der Waals surface area contributed by atoms with Crippen LogP contribution in [0.25, 0.3) is 0 Å². The molecule has 0 aliphatic heterocycles. The Morgan fingerprint density at radius 3 is 2.50 bits per heavy atom. The van der Waals surface area contributed by atoms with Crippen LogP contribution in [0.1, 0.15) is 35.3 Å². The summed E-state index contributed by atoms with van der Waals surface area (Å²) in [6.45, 7) is 6.62. The lowest BCUT2D eigenvalue weighted by Crippen LogP contribution is -2.36. The second-order valence-corrected chi connectivity index (χ2v) is 5.20. The number of benzene rings is 1. The maximum absolute atomic E-state index is 12.7. The van der Waals surface area contributed by atoms with Crippen molar-refractivity contribution in [1.29, 1.82) is 0 Å². The van der Waals surface area contributed by atoms with E-state index >= 15 is 0 Å². The first-order valence-corrected chi connectivity index (χ1v) is 6.85. The average Bonchev–Trinajstić information content (AvgIpc) is 2.45. The molecule has 1 aromatic carbocycles. The molecule has 104 valence electrons. The predicted octanol–water partition coefficient (Wildman–Crippen LogP) is 3.44. The molecule has 0 unspecified atom stereocenters. The molecule has 0 radical (unpaired) electrons. The molecule has 0 spiro atoms. The minimum Gasteiger partial charge on any atom is -0.332 e. The maximum Gasteiger partial charge on any atom is 0.254 e. The Bertz CT molecular complexity index is 579. The van der Waals surface area contributed by atoms with Gasteiger partial charge in [-0.3, -0.25) is 9.78 Å². The SMILES string of the molecule is Cc1cnccc1C(=O)N(Cc1ccccc1)C(C)C. The zero-order chi connectivity index (χ0) is 14.5. The first-order chi connectivity index (χ1) is 9.59. The van der Waals surface area contributed by atoms with Gasteiger partial charge in [0.2, 0.25) is 0 Å². The first-order valence-electron chi connectivity index (χ1n) is 6.85. The number of nitrogens with zero attached hydrogens (tertiary/aromatic N) is 2. The van der Waals surface area contributed by atoms with Crippen LogP contribution in [0.3, 0.4) is 0 Å². The minimum absolute atomic E-state index is 0.0590. The summed E-state index contributed by atoms with van der Waals surface area (Å²) in [5.41, 5.74) is 2.78. The highest BCUT2D eigenvalue weighted by Gasteiger charge is 2.20. The van der Waals surface area contributed by atoms with Crippen molar-refractivity contribution in [2.75, 3.05) is 0 Å². The van der Waals surface area contributed by atoms with Gasteiger partial charge in [0.05, 0.1) is 0 Å². The van der Waals surface area contributed by atoms with Gasteiger partial charge in [0, 0.05) is 30.5 Å². The van der Waals surface area contributed by atoms with E-state index in [2.05, 4.69) is 4.98 Å². The smallest absolute Gasteiger partial charge is 0.254 e. The number of carbonyl (C=O) groups excluding carboxylic acids is 1. The standard InChI is InChI=1S/C17H20N2O/c1-13(2)19(12-15-7-5-4-6-8-15)17(20)16-9-10-18-11-14(16)3/h4-11,13H,12H2,1-3H3. The highest BCUT2D eigenvalue weighted by molar-refractivity contribution is 5.95. The Hall–Kier alpha value is -2.16. The lowest BCUT2D eigenvalue weighted by molar-refractivity contribution is 0.0689. The summed E-state index contributed by atoms with van der Waals surface area (Å²) in [5, 5.41) is 0. The van der Waals surface area contributed by atoms with Gasteiger partial charge in [-0.25, -0.2) is 0 Å². The van der Waals surface area contributed by atoms with E-state index in [1.165, 1.54) is 0 Å². The maximum atomic E-state index is 12.7. The predicted molar refractivity (Wildman–Crippen MR) is 80.4 cm³/mol. The van der Waals surface area contributed by atoms with Gasteiger partial charge in [0.15, 0.2) is 0 Å². The molecule has 0 N–H and O–H groups in total. The fourth-order valence-electron chi connectivity index (χ4n) is 2.14. The quantitative estimate of drug-likeness (QED) is 0.851. The number of pyridine rings is 1. The van der Waals surface area contributed by atoms with Gasteiger partial charge < -0.3 is 4.90 Å². The molecular formula is C17H20N2O. The fourth-order valence-corrected chi connectivity index (χ4v) is 2.14. The van der Waals surface area contributed by atoms with Crippen molar-refractivity contribution in [3.8, 4) is 0 Å². The number of amides is 1. The van der Waals surface area contributed by atoms with E-state index in [1.807, 2.05) is 56.0 Å². The molecule has 3 nitrogen and oxygen atoms in total. The third-order valence-electron chi connectivity index (χ3n) is 3.33. The molecular weight excluding hydrogens is 248 g/mol. The van der Waals surface area contributed by atoms with E-state index < -0.39 is 0 Å². The number of hydrogen-bond donors (Lipinski definition) is 0. The Morgan fingerprint density at radius 1 is 1.20 bits per heavy atom. The van der Waals surface area contributed by atoms with Crippen LogP contribution in [-0.2, 0) is 6.54 Å². The van der Waals surface area contributed by atoms with Crippen LogP contribution in [0, 0.1) is 6.92 Å². The normalized spacial score (nSPS) is 10.6. The number of carbonyl (C=O) groups is 1. The number of aryl methyl sites for hydroxylation is 1. The summed E-state index contributed by atoms with van der Waals surface area (Å²) in [7, 11) is 0. The minimum atomic E-state index is 0.0590. The van der Waals surface area contributed by atoms with E-state index in [1.54, 1.807) is 18.5 Å². The summed E-state index contributed by atoms with van der Waals surface area (Å²) in [5.74, 6) is 0.0590. The van der Waals surface area contributed by atoms with Crippen LogP contribution in [0.4, 0.5) is 0 Å². The second-order valence-electron chi connectivity index (χ2n) is 5.20. The Kier molecular flexibility index (Phi) is 4.51. The van der Waals surface area contributed by atoms with Gasteiger partial charge in [-0.05, 0) is 38.0 Å². The largest absolute Gasteiger partial charge is 0.332 e. The van der Waals surface area contributed by atoms with Crippen molar-refractivity contribution < 1.29 is 4.79 Å². The number of aromatic nitrogens is 1. The summed E-state index contributed by atoms with van der Waals surface area (Å²) in [4.78, 5) is 18.6. The van der Waals surface area contributed by atoms with Crippen molar-refractivity contribution in [3.63, 3.8) is 0 Å². The van der Waals surface area contributed by atoms with Crippen LogP contribution in [-0.4, -0.2) is 21.8 Å². The van der Waals surface area contributed by atoms with Crippen LogP contribution in [0.2, 0.25) is 0 Å². The molecule has 1 amide bonds. The highest BCUT2D eigenvalue weighted by Crippen LogP contribution is 2.15. The van der Waals surface area contributed by atoms with E-state index in [-0.39, 0.29) is 11.9 Å². The van der Waals surface area contributed by atoms with Crippen molar-refractivity contribution >= 4 is 5.91 Å². The Labute approximate surface area is 120 Å². The third-order valence-corrected chi connectivity index (χ3v) is 3.33. The van der Waals surface area contributed by atoms with E-state index in [0.29, 0.717) is 6.54 Å². The van der Waals surface area contributed by atoms with E-state index in [4.69, 9.17) is 0 Å². The van der Waals surface area contributed by atoms with Gasteiger partial charge in [-0.2, -0.15) is 0 Å². The molecule has 2 rings (SSSR count). The third kappa shape index (κ3) is 3.23. The monoisotopic (exact) mass is 268 g/mol. The molecule has 1 aromatic heterocycles. The van der Waals surface area contributed by atoms with Crippen molar-refractivity contribution in [2.45, 2.75) is 33.4 Å². The summed E-state index contributed by atoms with van der Waals surface area (Å²) < 4.78 is 0. The van der Waals surface area contributed by atoms with Crippen LogP contribution in [0.15, 0.2) is 48.8 Å². The highest BCUT2D eigenvalue weighted by atomic mass is 16.2. The topological polar surface area (TPSA) is 33.2 Å². The molecule has 0 fully saturated rings. The summed E-state index contributed by atoms with van der Waals surface area (Å²) in [6, 6.07) is 12.0. The van der Waals surface area contributed by atoms with E-state index in [9.17, 15) is 4.79 Å². The molecule has 3 heteroatoms. The second kappa shape index (κ2) is 6.33.